The maximum atomic E-state index is 5.27. The Kier molecular flexibility index (Phi) is 7.66. The number of rotatable bonds is 5. The smallest absolute Gasteiger partial charge is 0.182 e. The third-order valence-electron chi connectivity index (χ3n) is 13.4. The third-order valence-corrected chi connectivity index (χ3v) is 18.4. The number of hydrogen-bond donors (Lipinski definition) is 0. The van der Waals surface area contributed by atoms with Gasteiger partial charge in [0.25, 0.3) is 0 Å². The van der Waals surface area contributed by atoms with E-state index in [9.17, 15) is 0 Å². The topological polar surface area (TPSA) is 17.8 Å². The van der Waals surface area contributed by atoms with Gasteiger partial charge in [-0.2, -0.15) is 0 Å². The second kappa shape index (κ2) is 13.6. The van der Waals surface area contributed by atoms with Crippen molar-refractivity contribution in [3.8, 4) is 72.7 Å². The molecule has 11 aromatic rings. The number of fused-ring (bicyclic) bond motifs is 13. The van der Waals surface area contributed by atoms with Crippen molar-refractivity contribution in [1.29, 1.82) is 0 Å². The number of nitrogens with zero attached hydrogens (tertiary/aromatic N) is 2. The van der Waals surface area contributed by atoms with Crippen molar-refractivity contribution >= 4 is 50.6 Å². The molecule has 4 heterocycles. The Morgan fingerprint density at radius 2 is 0.774 bits per heavy atom. The van der Waals surface area contributed by atoms with Crippen LogP contribution in [0.25, 0.3) is 94.5 Å². The van der Waals surface area contributed by atoms with E-state index in [2.05, 4.69) is 235 Å². The Labute approximate surface area is 361 Å². The number of aromatic nitrogens is 2. The van der Waals surface area contributed by atoms with Gasteiger partial charge in [-0.15, -0.1) is 0 Å². The van der Waals surface area contributed by atoms with Crippen molar-refractivity contribution in [3.63, 3.8) is 0 Å². The van der Waals surface area contributed by atoms with Crippen molar-refractivity contribution < 1.29 is 0 Å². The quantitative estimate of drug-likeness (QED) is 0.159. The molecule has 62 heavy (non-hydrogen) atoms. The SMILES string of the molecule is c1ccc(-c2cc(-c3cccc4c3-c3ccccc3[Si]43c4ccccc4-c4c(-c5cccc6c5c5ccccc5n6-c5ccccc5)cccc43)cc(-c3ccccc3)n2)cc1. The van der Waals surface area contributed by atoms with Gasteiger partial charge in [0.15, 0.2) is 8.07 Å². The van der Waals surface area contributed by atoms with E-state index in [1.165, 1.54) is 92.7 Å². The van der Waals surface area contributed by atoms with E-state index in [4.69, 9.17) is 4.98 Å². The van der Waals surface area contributed by atoms with Gasteiger partial charge in [-0.25, -0.2) is 4.98 Å². The van der Waals surface area contributed by atoms with Gasteiger partial charge in [0.1, 0.15) is 0 Å². The zero-order valence-electron chi connectivity index (χ0n) is 33.8. The van der Waals surface area contributed by atoms with E-state index in [0.29, 0.717) is 0 Å². The molecule has 0 amide bonds. The molecule has 0 saturated heterocycles. The minimum Gasteiger partial charge on any atom is -0.309 e. The first-order valence-electron chi connectivity index (χ1n) is 21.5. The summed E-state index contributed by atoms with van der Waals surface area (Å²) in [4.78, 5) is 5.27. The summed E-state index contributed by atoms with van der Waals surface area (Å²) in [6, 6.07) is 85.3. The summed E-state index contributed by atoms with van der Waals surface area (Å²) >= 11 is 0. The van der Waals surface area contributed by atoms with Crippen LogP contribution in [0, 0.1) is 0 Å². The van der Waals surface area contributed by atoms with Crippen LogP contribution in [0.2, 0.25) is 0 Å². The van der Waals surface area contributed by atoms with Crippen LogP contribution in [-0.2, 0) is 0 Å². The third kappa shape index (κ3) is 4.88. The highest BCUT2D eigenvalue weighted by molar-refractivity contribution is 7.24. The molecule has 1 atom stereocenters. The molecule has 0 N–H and O–H groups in total. The van der Waals surface area contributed by atoms with Crippen molar-refractivity contribution in [2.75, 3.05) is 0 Å². The molecular formula is C59H38N2Si. The van der Waals surface area contributed by atoms with Crippen molar-refractivity contribution in [1.82, 2.24) is 9.55 Å². The average molecular weight is 803 g/mol. The first-order valence-corrected chi connectivity index (χ1v) is 23.5. The molecule has 9 aromatic carbocycles. The molecule has 13 rings (SSSR count). The summed E-state index contributed by atoms with van der Waals surface area (Å²) in [5.74, 6) is 0. The number of pyridine rings is 1. The normalized spacial score (nSPS) is 14.5. The highest BCUT2D eigenvalue weighted by Gasteiger charge is 2.55. The van der Waals surface area contributed by atoms with Crippen LogP contribution in [-0.4, -0.2) is 17.6 Å². The molecule has 2 aromatic heterocycles. The molecule has 0 saturated carbocycles. The Balaban J connectivity index is 1.09. The van der Waals surface area contributed by atoms with Crippen LogP contribution in [0.1, 0.15) is 0 Å². The molecule has 2 aliphatic heterocycles. The molecule has 0 bridgehead atoms. The Bertz CT molecular complexity index is 3510. The monoisotopic (exact) mass is 802 g/mol. The van der Waals surface area contributed by atoms with Crippen LogP contribution in [0.15, 0.2) is 231 Å². The Hall–Kier alpha value is -7.85. The standard InChI is InChI=1S/C59H38N2Si/c1-4-19-39(20-5-1)49-37-41(38-50(60-49)40-21-6-2-7-22-40)43-28-17-35-55-58(43)47-26-11-14-33-53(47)62(55)54-34-15-12-27-48(54)59-45(30-18-36-56(59)62)44-29-16-32-52-57(44)46-25-10-13-31-51(46)61(52)42-23-8-3-9-24-42/h1-38H. The number of hydrogen-bond acceptors (Lipinski definition) is 1. The van der Waals surface area contributed by atoms with Gasteiger partial charge >= 0.3 is 0 Å². The van der Waals surface area contributed by atoms with Crippen molar-refractivity contribution in [3.05, 3.63) is 231 Å². The summed E-state index contributed by atoms with van der Waals surface area (Å²) in [6.45, 7) is 0. The lowest BCUT2D eigenvalue weighted by molar-refractivity contribution is 1.18. The lowest BCUT2D eigenvalue weighted by Gasteiger charge is -2.28. The first kappa shape index (κ1) is 35.0. The van der Waals surface area contributed by atoms with Gasteiger partial charge in [-0.1, -0.05) is 194 Å². The van der Waals surface area contributed by atoms with E-state index in [-0.39, 0.29) is 0 Å². The first-order chi connectivity index (χ1) is 30.8. The highest BCUT2D eigenvalue weighted by atomic mass is 28.3. The molecule has 0 aliphatic carbocycles. The van der Waals surface area contributed by atoms with Crippen LogP contribution in [0.4, 0.5) is 0 Å². The van der Waals surface area contributed by atoms with Gasteiger partial charge in [-0.3, -0.25) is 0 Å². The molecule has 288 valence electrons. The summed E-state index contributed by atoms with van der Waals surface area (Å²) in [5.41, 5.74) is 18.2. The number of para-hydroxylation sites is 2. The minimum atomic E-state index is -2.82. The van der Waals surface area contributed by atoms with Crippen LogP contribution in [0.5, 0.6) is 0 Å². The zero-order valence-corrected chi connectivity index (χ0v) is 34.8. The van der Waals surface area contributed by atoms with Gasteiger partial charge in [-0.05, 0) is 102 Å². The van der Waals surface area contributed by atoms with Crippen LogP contribution < -0.4 is 20.7 Å². The van der Waals surface area contributed by atoms with Gasteiger partial charge in [0.2, 0.25) is 0 Å². The molecule has 0 fully saturated rings. The van der Waals surface area contributed by atoms with E-state index < -0.39 is 8.07 Å². The Morgan fingerprint density at radius 3 is 1.42 bits per heavy atom. The number of benzene rings is 9. The van der Waals surface area contributed by atoms with Crippen LogP contribution >= 0.6 is 0 Å². The average Bonchev–Trinajstić information content (AvgIpc) is 3.97. The fourth-order valence-electron chi connectivity index (χ4n) is 11.0. The van der Waals surface area contributed by atoms with E-state index in [1.54, 1.807) is 0 Å². The van der Waals surface area contributed by atoms with E-state index in [1.807, 2.05) is 0 Å². The molecular weight excluding hydrogens is 765 g/mol. The summed E-state index contributed by atoms with van der Waals surface area (Å²) < 4.78 is 2.43. The van der Waals surface area contributed by atoms with Crippen LogP contribution in [0.3, 0.4) is 0 Å². The van der Waals surface area contributed by atoms with Crippen molar-refractivity contribution in [2.24, 2.45) is 0 Å². The molecule has 0 radical (unpaired) electrons. The highest BCUT2D eigenvalue weighted by Crippen LogP contribution is 2.46. The van der Waals surface area contributed by atoms with Crippen molar-refractivity contribution in [2.45, 2.75) is 0 Å². The molecule has 1 unspecified atom stereocenters. The van der Waals surface area contributed by atoms with E-state index in [0.717, 1.165) is 22.5 Å². The molecule has 1 spiro atoms. The second-order valence-electron chi connectivity index (χ2n) is 16.5. The fourth-order valence-corrected chi connectivity index (χ4v) is 16.6. The predicted octanol–water partition coefficient (Wildman–Crippen LogP) is 12.2. The zero-order chi connectivity index (χ0) is 40.8. The maximum absolute atomic E-state index is 5.27. The molecule has 2 nitrogen and oxygen atoms in total. The van der Waals surface area contributed by atoms with Gasteiger partial charge < -0.3 is 4.57 Å². The summed E-state index contributed by atoms with van der Waals surface area (Å²) in [7, 11) is -2.82. The summed E-state index contributed by atoms with van der Waals surface area (Å²) in [6.07, 6.45) is 0. The fraction of sp³-hybridized carbons (Fsp3) is 0. The summed E-state index contributed by atoms with van der Waals surface area (Å²) in [5, 5.41) is 8.41. The lowest BCUT2D eigenvalue weighted by atomic mass is 9.92. The van der Waals surface area contributed by atoms with E-state index >= 15 is 0 Å². The predicted molar refractivity (Wildman–Crippen MR) is 262 cm³/mol. The lowest BCUT2D eigenvalue weighted by Crippen LogP contribution is -2.70. The second-order valence-corrected chi connectivity index (χ2v) is 20.2. The van der Waals surface area contributed by atoms with Gasteiger partial charge in [0.05, 0.1) is 22.4 Å². The largest absolute Gasteiger partial charge is 0.309 e. The minimum absolute atomic E-state index is 0.974. The Morgan fingerprint density at radius 1 is 0.323 bits per heavy atom. The maximum Gasteiger partial charge on any atom is 0.182 e. The molecule has 2 aliphatic rings. The van der Waals surface area contributed by atoms with Gasteiger partial charge in [0, 0.05) is 27.6 Å². The molecule has 3 heteroatoms.